The molecule has 3 aromatic carbocycles. The summed E-state index contributed by atoms with van der Waals surface area (Å²) in [5, 5.41) is 0. The van der Waals surface area contributed by atoms with E-state index in [-0.39, 0.29) is 12.0 Å². The zero-order valence-electron chi connectivity index (χ0n) is 16.7. The van der Waals surface area contributed by atoms with Crippen LogP contribution in [0.25, 0.3) is 0 Å². The quantitative estimate of drug-likeness (QED) is 0.542. The fraction of sp³-hybridized carbons (Fsp3) is 0.240. The van der Waals surface area contributed by atoms with Gasteiger partial charge in [-0.05, 0) is 28.8 Å². The third-order valence-corrected chi connectivity index (χ3v) is 5.70. The van der Waals surface area contributed by atoms with Crippen LogP contribution < -0.4 is 0 Å². The average molecular weight is 407 g/mol. The molecule has 0 aromatic heterocycles. The van der Waals surface area contributed by atoms with E-state index in [0.29, 0.717) is 18.7 Å². The van der Waals surface area contributed by atoms with E-state index in [1.165, 1.54) is 19.2 Å². The number of hydrogen-bond donors (Lipinski definition) is 0. The molecule has 30 heavy (non-hydrogen) atoms. The minimum atomic E-state index is -0.705. The first-order valence-corrected chi connectivity index (χ1v) is 9.94. The van der Waals surface area contributed by atoms with Gasteiger partial charge in [-0.3, -0.25) is 9.69 Å². The van der Waals surface area contributed by atoms with Crippen LogP contribution in [-0.2, 0) is 9.53 Å². The van der Waals surface area contributed by atoms with Crippen LogP contribution in [0, 0.1) is 17.6 Å². The van der Waals surface area contributed by atoms with Crippen LogP contribution in [-0.4, -0.2) is 31.1 Å². The lowest BCUT2D eigenvalue weighted by molar-refractivity contribution is -0.146. The Labute approximate surface area is 174 Å². The first-order chi connectivity index (χ1) is 14.6. The maximum absolute atomic E-state index is 13.8. The van der Waals surface area contributed by atoms with Crippen molar-refractivity contribution in [1.82, 2.24) is 4.90 Å². The summed E-state index contributed by atoms with van der Waals surface area (Å²) in [6.07, 6.45) is 0. The molecule has 0 N–H and O–H groups in total. The minimum Gasteiger partial charge on any atom is -0.469 e. The Morgan fingerprint density at radius 3 is 1.83 bits per heavy atom. The highest BCUT2D eigenvalue weighted by Crippen LogP contribution is 2.40. The number of nitrogens with zero attached hydrogens (tertiary/aromatic N) is 1. The molecule has 154 valence electrons. The van der Waals surface area contributed by atoms with Gasteiger partial charge < -0.3 is 4.74 Å². The van der Waals surface area contributed by atoms with E-state index in [1.807, 2.05) is 36.4 Å². The van der Waals surface area contributed by atoms with Gasteiger partial charge in [0.1, 0.15) is 11.6 Å². The van der Waals surface area contributed by atoms with Crippen LogP contribution in [0.15, 0.2) is 78.9 Å². The summed E-state index contributed by atoms with van der Waals surface area (Å²) in [6, 6.07) is 23.7. The molecule has 0 aliphatic carbocycles. The van der Waals surface area contributed by atoms with E-state index in [0.717, 1.165) is 17.2 Å². The lowest BCUT2D eigenvalue weighted by Gasteiger charge is -2.47. The van der Waals surface area contributed by atoms with Crippen molar-refractivity contribution in [3.8, 4) is 0 Å². The molecular formula is C25H23F2NO2. The maximum atomic E-state index is 13.8. The fourth-order valence-corrected chi connectivity index (χ4v) is 4.34. The van der Waals surface area contributed by atoms with Crippen LogP contribution in [0.5, 0.6) is 0 Å². The predicted molar refractivity (Wildman–Crippen MR) is 111 cm³/mol. The summed E-state index contributed by atoms with van der Waals surface area (Å²) in [5.74, 6) is -2.65. The Balaban J connectivity index is 1.60. The molecule has 1 aliphatic rings. The number of ether oxygens (including phenoxy) is 1. The maximum Gasteiger partial charge on any atom is 0.313 e. The first kappa shape index (κ1) is 20.2. The Bertz CT molecular complexity index is 944. The molecule has 1 atom stereocenters. The summed E-state index contributed by atoms with van der Waals surface area (Å²) >= 11 is 0. The number of methoxy groups -OCH3 is 1. The molecule has 1 saturated heterocycles. The largest absolute Gasteiger partial charge is 0.469 e. The van der Waals surface area contributed by atoms with Gasteiger partial charge in [-0.1, -0.05) is 60.7 Å². The van der Waals surface area contributed by atoms with Crippen molar-refractivity contribution in [2.45, 2.75) is 12.0 Å². The summed E-state index contributed by atoms with van der Waals surface area (Å²) in [5.41, 5.74) is 2.64. The van der Waals surface area contributed by atoms with Crippen LogP contribution in [0.4, 0.5) is 8.78 Å². The number of benzene rings is 3. The molecule has 0 saturated carbocycles. The van der Waals surface area contributed by atoms with Crippen LogP contribution in [0.3, 0.4) is 0 Å². The Morgan fingerprint density at radius 2 is 1.37 bits per heavy atom. The van der Waals surface area contributed by atoms with Gasteiger partial charge in [0.05, 0.1) is 19.1 Å². The van der Waals surface area contributed by atoms with E-state index in [1.54, 1.807) is 0 Å². The van der Waals surface area contributed by atoms with E-state index in [9.17, 15) is 13.6 Å². The minimum absolute atomic E-state index is 0.0474. The second kappa shape index (κ2) is 8.76. The standard InChI is InChI=1S/C25H23F2NO2/c1-30-25(29)23(19-12-21(26)14-22(27)13-19)20-15-28(16-20)24(17-8-4-2-5-9-17)18-10-6-3-7-11-18/h2-14,20,23-24H,15-16H2,1H3. The van der Waals surface area contributed by atoms with Gasteiger partial charge in [0.25, 0.3) is 0 Å². The third kappa shape index (κ3) is 4.12. The number of halogens is 2. The molecule has 1 unspecified atom stereocenters. The summed E-state index contributed by atoms with van der Waals surface area (Å²) in [7, 11) is 1.30. The Morgan fingerprint density at radius 1 is 0.867 bits per heavy atom. The monoisotopic (exact) mass is 407 g/mol. The van der Waals surface area contributed by atoms with Gasteiger partial charge in [-0.2, -0.15) is 0 Å². The molecular weight excluding hydrogens is 384 g/mol. The number of hydrogen-bond acceptors (Lipinski definition) is 3. The SMILES string of the molecule is COC(=O)C(c1cc(F)cc(F)c1)C1CN(C(c2ccccc2)c2ccccc2)C1. The molecule has 1 aliphatic heterocycles. The van der Waals surface area contributed by atoms with Crippen LogP contribution in [0.1, 0.15) is 28.7 Å². The van der Waals surface area contributed by atoms with E-state index in [2.05, 4.69) is 29.2 Å². The summed E-state index contributed by atoms with van der Waals surface area (Å²) in [4.78, 5) is 14.8. The second-order valence-electron chi connectivity index (χ2n) is 7.64. The van der Waals surface area contributed by atoms with Crippen molar-refractivity contribution in [1.29, 1.82) is 0 Å². The van der Waals surface area contributed by atoms with Crippen molar-refractivity contribution < 1.29 is 18.3 Å². The zero-order valence-corrected chi connectivity index (χ0v) is 16.7. The van der Waals surface area contributed by atoms with E-state index >= 15 is 0 Å². The first-order valence-electron chi connectivity index (χ1n) is 9.94. The van der Waals surface area contributed by atoms with Gasteiger partial charge in [0.15, 0.2) is 0 Å². The Hall–Kier alpha value is -3.05. The van der Waals surface area contributed by atoms with Gasteiger partial charge in [0, 0.05) is 25.1 Å². The second-order valence-corrected chi connectivity index (χ2v) is 7.64. The third-order valence-electron chi connectivity index (χ3n) is 5.70. The number of carbonyl (C=O) groups excluding carboxylic acids is 1. The smallest absolute Gasteiger partial charge is 0.313 e. The van der Waals surface area contributed by atoms with Crippen molar-refractivity contribution in [3.63, 3.8) is 0 Å². The molecule has 0 amide bonds. The van der Waals surface area contributed by atoms with Crippen molar-refractivity contribution >= 4 is 5.97 Å². The van der Waals surface area contributed by atoms with E-state index < -0.39 is 23.5 Å². The predicted octanol–water partition coefficient (Wildman–Crippen LogP) is 4.94. The fourth-order valence-electron chi connectivity index (χ4n) is 4.34. The topological polar surface area (TPSA) is 29.5 Å². The van der Waals surface area contributed by atoms with Gasteiger partial charge in [0.2, 0.25) is 0 Å². The normalized spacial score (nSPS) is 15.6. The lowest BCUT2D eigenvalue weighted by Crippen LogP contribution is -2.52. The summed E-state index contributed by atoms with van der Waals surface area (Å²) in [6.45, 7) is 1.23. The zero-order chi connectivity index (χ0) is 21.1. The molecule has 5 heteroatoms. The molecule has 0 spiro atoms. The van der Waals surface area contributed by atoms with Crippen molar-refractivity contribution in [3.05, 3.63) is 107 Å². The van der Waals surface area contributed by atoms with Gasteiger partial charge in [-0.15, -0.1) is 0 Å². The summed E-state index contributed by atoms with van der Waals surface area (Å²) < 4.78 is 32.5. The lowest BCUT2D eigenvalue weighted by atomic mass is 9.79. The van der Waals surface area contributed by atoms with Crippen molar-refractivity contribution in [2.24, 2.45) is 5.92 Å². The van der Waals surface area contributed by atoms with Gasteiger partial charge in [-0.25, -0.2) is 8.78 Å². The van der Waals surface area contributed by atoms with E-state index in [4.69, 9.17) is 4.74 Å². The number of rotatable bonds is 6. The molecule has 1 fully saturated rings. The molecule has 0 bridgehead atoms. The number of likely N-dealkylation sites (tertiary alicyclic amines) is 1. The highest BCUT2D eigenvalue weighted by atomic mass is 19.1. The molecule has 1 heterocycles. The van der Waals surface area contributed by atoms with Crippen LogP contribution >= 0.6 is 0 Å². The number of esters is 1. The Kier molecular flexibility index (Phi) is 5.91. The van der Waals surface area contributed by atoms with Gasteiger partial charge >= 0.3 is 5.97 Å². The highest BCUT2D eigenvalue weighted by Gasteiger charge is 2.42. The van der Waals surface area contributed by atoms with Crippen LogP contribution in [0.2, 0.25) is 0 Å². The molecule has 0 radical (unpaired) electrons. The number of carbonyl (C=O) groups is 1. The molecule has 3 aromatic rings. The molecule has 3 nitrogen and oxygen atoms in total. The highest BCUT2D eigenvalue weighted by molar-refractivity contribution is 5.78. The average Bonchev–Trinajstić information content (AvgIpc) is 2.72. The van der Waals surface area contributed by atoms with Crippen molar-refractivity contribution in [2.75, 3.05) is 20.2 Å². The molecule has 4 rings (SSSR count).